The van der Waals surface area contributed by atoms with Gasteiger partial charge in [0.1, 0.15) is 5.69 Å². The molecule has 4 nitrogen and oxygen atoms in total. The standard InChI is InChI=1S/C13H12ClNO3/c1-3-18-13-10(11(16)12(13)17)15-9-5-4-7(2)6-8(9)14/h4-6,15H,3H2,1-2H3. The Morgan fingerprint density at radius 1 is 1.28 bits per heavy atom. The van der Waals surface area contributed by atoms with E-state index in [9.17, 15) is 9.59 Å². The minimum absolute atomic E-state index is 0.0825. The Hall–Kier alpha value is -1.81. The van der Waals surface area contributed by atoms with Crippen LogP contribution in [0.1, 0.15) is 12.5 Å². The van der Waals surface area contributed by atoms with E-state index < -0.39 is 10.9 Å². The van der Waals surface area contributed by atoms with E-state index in [4.69, 9.17) is 16.3 Å². The van der Waals surface area contributed by atoms with Crippen LogP contribution in [0, 0.1) is 6.92 Å². The van der Waals surface area contributed by atoms with Crippen molar-refractivity contribution in [2.45, 2.75) is 13.8 Å². The Bertz CT molecular complexity index is 657. The fourth-order valence-electron chi connectivity index (χ4n) is 1.62. The van der Waals surface area contributed by atoms with Crippen LogP contribution in [0.4, 0.5) is 11.4 Å². The molecule has 94 valence electrons. The van der Waals surface area contributed by atoms with Crippen LogP contribution in [0.5, 0.6) is 5.75 Å². The van der Waals surface area contributed by atoms with Gasteiger partial charge in [0, 0.05) is 0 Å². The molecule has 0 aliphatic rings. The van der Waals surface area contributed by atoms with Crippen LogP contribution >= 0.6 is 11.6 Å². The summed E-state index contributed by atoms with van der Waals surface area (Å²) in [5.74, 6) is 0.0825. The smallest absolute Gasteiger partial charge is 0.272 e. The van der Waals surface area contributed by atoms with Crippen LogP contribution < -0.4 is 20.9 Å². The zero-order valence-electron chi connectivity index (χ0n) is 10.0. The molecule has 0 aliphatic carbocycles. The SMILES string of the molecule is CCOc1c(Nc2ccc(C)cc2Cl)c(=O)c1=O. The predicted molar refractivity (Wildman–Crippen MR) is 72.0 cm³/mol. The second kappa shape index (κ2) is 4.82. The van der Waals surface area contributed by atoms with Gasteiger partial charge < -0.3 is 10.1 Å². The van der Waals surface area contributed by atoms with Crippen molar-refractivity contribution in [3.63, 3.8) is 0 Å². The first-order valence-electron chi connectivity index (χ1n) is 5.54. The zero-order valence-corrected chi connectivity index (χ0v) is 10.8. The van der Waals surface area contributed by atoms with E-state index in [0.29, 0.717) is 17.3 Å². The lowest BCUT2D eigenvalue weighted by Gasteiger charge is -2.14. The third kappa shape index (κ3) is 2.11. The molecule has 2 aromatic carbocycles. The summed E-state index contributed by atoms with van der Waals surface area (Å²) < 4.78 is 5.11. The van der Waals surface area contributed by atoms with Crippen molar-refractivity contribution >= 4 is 23.0 Å². The number of anilines is 2. The largest absolute Gasteiger partial charge is 0.488 e. The lowest BCUT2D eigenvalue weighted by atomic mass is 10.2. The van der Waals surface area contributed by atoms with Gasteiger partial charge in [0.05, 0.1) is 17.3 Å². The summed E-state index contributed by atoms with van der Waals surface area (Å²) >= 11 is 6.04. The van der Waals surface area contributed by atoms with Crippen molar-refractivity contribution in [2.24, 2.45) is 0 Å². The van der Waals surface area contributed by atoms with Crippen LogP contribution in [-0.4, -0.2) is 6.61 Å². The third-order valence-corrected chi connectivity index (χ3v) is 2.85. The van der Waals surface area contributed by atoms with Gasteiger partial charge in [-0.15, -0.1) is 0 Å². The van der Waals surface area contributed by atoms with Crippen molar-refractivity contribution in [2.75, 3.05) is 11.9 Å². The minimum atomic E-state index is -0.595. The van der Waals surface area contributed by atoms with Gasteiger partial charge in [-0.25, -0.2) is 0 Å². The highest BCUT2D eigenvalue weighted by atomic mass is 35.5. The van der Waals surface area contributed by atoms with Crippen molar-refractivity contribution in [1.82, 2.24) is 0 Å². The molecule has 1 N–H and O–H groups in total. The van der Waals surface area contributed by atoms with Gasteiger partial charge in [-0.2, -0.15) is 0 Å². The minimum Gasteiger partial charge on any atom is -0.488 e. The van der Waals surface area contributed by atoms with Gasteiger partial charge in [-0.3, -0.25) is 9.59 Å². The van der Waals surface area contributed by atoms with E-state index in [1.54, 1.807) is 19.1 Å². The highest BCUT2D eigenvalue weighted by Crippen LogP contribution is 2.28. The molecule has 2 aromatic rings. The second-order valence-electron chi connectivity index (χ2n) is 3.90. The molecule has 18 heavy (non-hydrogen) atoms. The van der Waals surface area contributed by atoms with Gasteiger partial charge >= 0.3 is 0 Å². The Morgan fingerprint density at radius 3 is 2.61 bits per heavy atom. The number of aryl methyl sites for hydroxylation is 1. The van der Waals surface area contributed by atoms with Crippen molar-refractivity contribution < 1.29 is 4.74 Å². The number of nitrogens with one attached hydrogen (secondary N) is 1. The lowest BCUT2D eigenvalue weighted by molar-refractivity contribution is 0.335. The summed E-state index contributed by atoms with van der Waals surface area (Å²) in [6.07, 6.45) is 0. The molecule has 2 rings (SSSR count). The fraction of sp³-hybridized carbons (Fsp3) is 0.231. The van der Waals surface area contributed by atoms with E-state index in [-0.39, 0.29) is 11.4 Å². The molecule has 0 atom stereocenters. The summed E-state index contributed by atoms with van der Waals surface area (Å²) in [5.41, 5.74) is 0.598. The molecule has 0 amide bonds. The van der Waals surface area contributed by atoms with Crippen LogP contribution in [0.15, 0.2) is 27.8 Å². The van der Waals surface area contributed by atoms with E-state index in [1.165, 1.54) is 0 Å². The summed E-state index contributed by atoms with van der Waals surface area (Å²) in [6, 6.07) is 5.39. The van der Waals surface area contributed by atoms with E-state index in [1.807, 2.05) is 13.0 Å². The maximum absolute atomic E-state index is 11.4. The molecule has 0 fully saturated rings. The maximum atomic E-state index is 11.4. The summed E-state index contributed by atoms with van der Waals surface area (Å²) in [4.78, 5) is 22.7. The van der Waals surface area contributed by atoms with Gasteiger partial charge in [0.25, 0.3) is 10.9 Å². The van der Waals surface area contributed by atoms with Crippen LogP contribution in [-0.2, 0) is 0 Å². The first-order chi connectivity index (χ1) is 8.54. The molecule has 0 saturated carbocycles. The maximum Gasteiger partial charge on any atom is 0.272 e. The second-order valence-corrected chi connectivity index (χ2v) is 4.31. The highest BCUT2D eigenvalue weighted by Gasteiger charge is 2.22. The quantitative estimate of drug-likeness (QED) is 0.863. The van der Waals surface area contributed by atoms with Gasteiger partial charge in [0.2, 0.25) is 0 Å². The fourth-order valence-corrected chi connectivity index (χ4v) is 1.90. The third-order valence-electron chi connectivity index (χ3n) is 2.54. The van der Waals surface area contributed by atoms with Gasteiger partial charge in [0.15, 0.2) is 5.75 Å². The molecule has 0 aliphatic heterocycles. The lowest BCUT2D eigenvalue weighted by Crippen LogP contribution is -2.35. The highest BCUT2D eigenvalue weighted by molar-refractivity contribution is 6.33. The molecule has 0 heterocycles. The number of rotatable bonds is 4. The topological polar surface area (TPSA) is 55.4 Å². The Morgan fingerprint density at radius 2 is 2.00 bits per heavy atom. The number of benzene rings is 1. The van der Waals surface area contributed by atoms with Gasteiger partial charge in [-0.05, 0) is 31.5 Å². The van der Waals surface area contributed by atoms with Crippen molar-refractivity contribution in [1.29, 1.82) is 0 Å². The molecule has 0 saturated heterocycles. The summed E-state index contributed by atoms with van der Waals surface area (Å²) in [6.45, 7) is 4.00. The number of halogens is 1. The van der Waals surface area contributed by atoms with Crippen LogP contribution in [0.3, 0.4) is 0 Å². The average Bonchev–Trinajstić information content (AvgIpc) is 2.35. The molecule has 0 unspecified atom stereocenters. The van der Waals surface area contributed by atoms with E-state index in [0.717, 1.165) is 5.56 Å². The Labute approximate surface area is 109 Å². The van der Waals surface area contributed by atoms with Gasteiger partial charge in [-0.1, -0.05) is 17.7 Å². The van der Waals surface area contributed by atoms with Crippen LogP contribution in [0.2, 0.25) is 5.02 Å². The average molecular weight is 266 g/mol. The van der Waals surface area contributed by atoms with E-state index in [2.05, 4.69) is 5.32 Å². The van der Waals surface area contributed by atoms with Crippen molar-refractivity contribution in [3.8, 4) is 5.75 Å². The monoisotopic (exact) mass is 265 g/mol. The molecule has 5 heteroatoms. The summed E-state index contributed by atoms with van der Waals surface area (Å²) in [7, 11) is 0. The van der Waals surface area contributed by atoms with E-state index >= 15 is 0 Å². The first-order valence-corrected chi connectivity index (χ1v) is 5.91. The number of hydrogen-bond acceptors (Lipinski definition) is 4. The molecule has 0 aromatic heterocycles. The Kier molecular flexibility index (Phi) is 3.39. The number of ether oxygens (including phenoxy) is 1. The predicted octanol–water partition coefficient (Wildman–Crippen LogP) is 2.39. The summed E-state index contributed by atoms with van der Waals surface area (Å²) in [5, 5.41) is 3.33. The molecule has 0 spiro atoms. The zero-order chi connectivity index (χ0) is 13.3. The molecular formula is C13H12ClNO3. The molecule has 0 radical (unpaired) electrons. The van der Waals surface area contributed by atoms with Crippen LogP contribution in [0.25, 0.3) is 0 Å². The first kappa shape index (κ1) is 12.6. The molecular weight excluding hydrogens is 254 g/mol. The Balaban J connectivity index is 2.32. The molecule has 0 bridgehead atoms. The normalized spacial score (nSPS) is 10.6. The number of hydrogen-bond donors (Lipinski definition) is 1. The van der Waals surface area contributed by atoms with Crippen molar-refractivity contribution in [3.05, 3.63) is 49.2 Å².